The Labute approximate surface area is 136 Å². The molecule has 1 atom stereocenters. The summed E-state index contributed by atoms with van der Waals surface area (Å²) in [6, 6.07) is 0.786. The third-order valence-corrected chi connectivity index (χ3v) is 5.44. The van der Waals surface area contributed by atoms with Crippen molar-refractivity contribution in [2.24, 2.45) is 5.92 Å². The number of aromatic nitrogens is 1. The summed E-state index contributed by atoms with van der Waals surface area (Å²) >= 11 is 1.69. The highest BCUT2D eigenvalue weighted by molar-refractivity contribution is 7.11. The van der Waals surface area contributed by atoms with Crippen molar-refractivity contribution in [3.05, 3.63) is 16.1 Å². The topological polar surface area (TPSA) is 57.3 Å². The fraction of sp³-hybridized carbons (Fsp3) is 0.750. The maximum absolute atomic E-state index is 12.2. The van der Waals surface area contributed by atoms with Gasteiger partial charge < -0.3 is 10.6 Å². The molecule has 5 nitrogen and oxygen atoms in total. The molecule has 0 spiro atoms. The van der Waals surface area contributed by atoms with E-state index in [1.165, 1.54) is 30.6 Å². The molecule has 1 heterocycles. The molecule has 0 unspecified atom stereocenters. The van der Waals surface area contributed by atoms with Crippen LogP contribution in [-0.4, -0.2) is 41.6 Å². The summed E-state index contributed by atoms with van der Waals surface area (Å²) in [5.74, 6) is 0.565. The first-order valence-electron chi connectivity index (χ1n) is 8.38. The second-order valence-corrected chi connectivity index (χ2v) is 7.65. The van der Waals surface area contributed by atoms with Gasteiger partial charge in [-0.1, -0.05) is 6.92 Å². The van der Waals surface area contributed by atoms with Crippen LogP contribution in [-0.2, 0) is 0 Å². The van der Waals surface area contributed by atoms with E-state index in [1.54, 1.807) is 11.3 Å². The van der Waals surface area contributed by atoms with Crippen LogP contribution in [0.4, 0.5) is 4.79 Å². The van der Waals surface area contributed by atoms with Crippen molar-refractivity contribution in [2.45, 2.75) is 51.6 Å². The largest absolute Gasteiger partial charge is 0.337 e. The molecule has 2 N–H and O–H groups in total. The van der Waals surface area contributed by atoms with Crippen molar-refractivity contribution < 1.29 is 4.79 Å². The minimum absolute atomic E-state index is 0.0587. The smallest absolute Gasteiger partial charge is 0.315 e. The molecule has 2 saturated carbocycles. The van der Waals surface area contributed by atoms with Gasteiger partial charge in [0.25, 0.3) is 0 Å². The molecular weight excluding hydrogens is 296 g/mol. The van der Waals surface area contributed by atoms with Crippen molar-refractivity contribution in [1.82, 2.24) is 20.5 Å². The molecule has 3 rings (SSSR count). The lowest BCUT2D eigenvalue weighted by molar-refractivity contribution is 0.230. The SMILES string of the molecule is CCN(CCNC(=O)N[C@@H](c1ncc(C)s1)C1CC1)C1CC1. The van der Waals surface area contributed by atoms with Crippen LogP contribution in [0.3, 0.4) is 0 Å². The van der Waals surface area contributed by atoms with Crippen molar-refractivity contribution in [2.75, 3.05) is 19.6 Å². The lowest BCUT2D eigenvalue weighted by atomic mass is 10.2. The molecule has 0 aliphatic heterocycles. The Balaban J connectivity index is 1.45. The summed E-state index contributed by atoms with van der Waals surface area (Å²) in [7, 11) is 0. The minimum atomic E-state index is -0.0587. The highest BCUT2D eigenvalue weighted by atomic mass is 32.1. The Morgan fingerprint density at radius 1 is 1.45 bits per heavy atom. The van der Waals surface area contributed by atoms with Gasteiger partial charge in [0.05, 0.1) is 6.04 Å². The molecule has 2 aliphatic rings. The molecule has 0 saturated heterocycles. The average Bonchev–Trinajstić information content (AvgIpc) is 3.40. The molecule has 2 amide bonds. The van der Waals surface area contributed by atoms with Crippen LogP contribution in [0.5, 0.6) is 0 Å². The Kier molecular flexibility index (Phi) is 4.98. The predicted octanol–water partition coefficient (Wildman–Crippen LogP) is 2.69. The number of amides is 2. The van der Waals surface area contributed by atoms with E-state index < -0.39 is 0 Å². The lowest BCUT2D eigenvalue weighted by Gasteiger charge is -2.21. The lowest BCUT2D eigenvalue weighted by Crippen LogP contribution is -2.42. The molecule has 2 fully saturated rings. The van der Waals surface area contributed by atoms with Crippen LogP contribution in [0.1, 0.15) is 48.5 Å². The second-order valence-electron chi connectivity index (χ2n) is 6.38. The molecule has 0 aromatic carbocycles. The van der Waals surface area contributed by atoms with Gasteiger partial charge in [0.2, 0.25) is 0 Å². The molecule has 6 heteroatoms. The quantitative estimate of drug-likeness (QED) is 0.774. The maximum atomic E-state index is 12.2. The zero-order valence-electron chi connectivity index (χ0n) is 13.5. The zero-order valence-corrected chi connectivity index (χ0v) is 14.3. The van der Waals surface area contributed by atoms with Gasteiger partial charge in [-0.2, -0.15) is 0 Å². The van der Waals surface area contributed by atoms with Crippen LogP contribution < -0.4 is 10.6 Å². The zero-order chi connectivity index (χ0) is 15.5. The van der Waals surface area contributed by atoms with Crippen molar-refractivity contribution in [1.29, 1.82) is 0 Å². The van der Waals surface area contributed by atoms with Gasteiger partial charge in [0.15, 0.2) is 0 Å². The van der Waals surface area contributed by atoms with Gasteiger partial charge in [-0.15, -0.1) is 11.3 Å². The number of urea groups is 1. The molecule has 2 aliphatic carbocycles. The fourth-order valence-corrected chi connectivity index (χ4v) is 3.79. The Morgan fingerprint density at radius 2 is 2.23 bits per heavy atom. The summed E-state index contributed by atoms with van der Waals surface area (Å²) in [5, 5.41) is 7.17. The molecule has 0 radical (unpaired) electrons. The van der Waals surface area contributed by atoms with E-state index in [0.29, 0.717) is 12.5 Å². The van der Waals surface area contributed by atoms with E-state index >= 15 is 0 Å². The average molecular weight is 322 g/mol. The number of nitrogens with one attached hydrogen (secondary N) is 2. The normalized spacial score (nSPS) is 19.2. The van der Waals surface area contributed by atoms with E-state index in [-0.39, 0.29) is 12.1 Å². The van der Waals surface area contributed by atoms with E-state index in [2.05, 4.69) is 34.4 Å². The number of rotatable bonds is 8. The van der Waals surface area contributed by atoms with Crippen molar-refractivity contribution >= 4 is 17.4 Å². The van der Waals surface area contributed by atoms with Gasteiger partial charge >= 0.3 is 6.03 Å². The van der Waals surface area contributed by atoms with Crippen molar-refractivity contribution in [3.63, 3.8) is 0 Å². The molecule has 1 aromatic rings. The Hall–Kier alpha value is -1.14. The first-order valence-corrected chi connectivity index (χ1v) is 9.19. The van der Waals surface area contributed by atoms with Crippen LogP contribution in [0.25, 0.3) is 0 Å². The summed E-state index contributed by atoms with van der Waals surface area (Å²) in [6.45, 7) is 6.97. The van der Waals surface area contributed by atoms with Crippen molar-refractivity contribution in [3.8, 4) is 0 Å². The molecule has 22 heavy (non-hydrogen) atoms. The number of likely N-dealkylation sites (N-methyl/N-ethyl adjacent to an activating group) is 1. The van der Waals surface area contributed by atoms with Crippen LogP contribution in [0, 0.1) is 12.8 Å². The number of aryl methyl sites for hydroxylation is 1. The Bertz CT molecular complexity index is 510. The number of thiazole rings is 1. The van der Waals surface area contributed by atoms with Gasteiger partial charge in [0, 0.05) is 30.2 Å². The standard InChI is InChI=1S/C16H26N4OS/c1-3-20(13-6-7-13)9-8-17-16(21)19-14(12-4-5-12)15-18-10-11(2)22-15/h10,12-14H,3-9H2,1-2H3,(H2,17,19,21)/t14-/m1/s1. The van der Waals surface area contributed by atoms with E-state index in [9.17, 15) is 4.79 Å². The summed E-state index contributed by atoms with van der Waals surface area (Å²) < 4.78 is 0. The number of carbonyl (C=O) groups is 1. The number of hydrogen-bond donors (Lipinski definition) is 2. The van der Waals surface area contributed by atoms with Gasteiger partial charge in [-0.3, -0.25) is 4.90 Å². The number of hydrogen-bond acceptors (Lipinski definition) is 4. The highest BCUT2D eigenvalue weighted by Gasteiger charge is 2.35. The Morgan fingerprint density at radius 3 is 2.77 bits per heavy atom. The summed E-state index contributed by atoms with van der Waals surface area (Å²) in [5.41, 5.74) is 0. The minimum Gasteiger partial charge on any atom is -0.337 e. The third kappa shape index (κ3) is 4.20. The van der Waals surface area contributed by atoms with E-state index in [4.69, 9.17) is 0 Å². The number of nitrogens with zero attached hydrogens (tertiary/aromatic N) is 2. The van der Waals surface area contributed by atoms with Gasteiger partial charge in [-0.05, 0) is 45.1 Å². The predicted molar refractivity (Wildman–Crippen MR) is 89.1 cm³/mol. The van der Waals surface area contributed by atoms with Crippen LogP contribution >= 0.6 is 11.3 Å². The van der Waals surface area contributed by atoms with Crippen LogP contribution in [0.15, 0.2) is 6.20 Å². The molecule has 1 aromatic heterocycles. The van der Waals surface area contributed by atoms with E-state index in [1.807, 2.05) is 6.20 Å². The number of carbonyl (C=O) groups excluding carboxylic acids is 1. The van der Waals surface area contributed by atoms with Crippen LogP contribution in [0.2, 0.25) is 0 Å². The maximum Gasteiger partial charge on any atom is 0.315 e. The molecular formula is C16H26N4OS. The first-order chi connectivity index (χ1) is 10.7. The van der Waals surface area contributed by atoms with Gasteiger partial charge in [-0.25, -0.2) is 9.78 Å². The fourth-order valence-electron chi connectivity index (χ4n) is 2.87. The van der Waals surface area contributed by atoms with Gasteiger partial charge in [0.1, 0.15) is 5.01 Å². The second kappa shape index (κ2) is 6.96. The highest BCUT2D eigenvalue weighted by Crippen LogP contribution is 2.41. The monoisotopic (exact) mass is 322 g/mol. The summed E-state index contributed by atoms with van der Waals surface area (Å²) in [4.78, 5) is 20.3. The third-order valence-electron chi connectivity index (χ3n) is 4.44. The van der Waals surface area contributed by atoms with E-state index in [0.717, 1.165) is 24.1 Å². The molecule has 122 valence electrons. The summed E-state index contributed by atoms with van der Waals surface area (Å²) in [6.07, 6.45) is 6.90. The first kappa shape index (κ1) is 15.7. The molecule has 0 bridgehead atoms.